The first-order chi connectivity index (χ1) is 8.70. The molecule has 4 nitrogen and oxygen atoms in total. The molecular weight excluding hydrogens is 238 g/mol. The van der Waals surface area contributed by atoms with Gasteiger partial charge in [-0.15, -0.1) is 0 Å². The Bertz CT molecular complexity index is 545. The summed E-state index contributed by atoms with van der Waals surface area (Å²) < 4.78 is 26.7. The van der Waals surface area contributed by atoms with E-state index in [1.807, 2.05) is 0 Å². The first kappa shape index (κ1) is 12.4. The highest BCUT2D eigenvalue weighted by Gasteiger charge is 2.08. The van der Waals surface area contributed by atoms with Crippen LogP contribution in [0.4, 0.5) is 14.6 Å². The minimum atomic E-state index is -0.528. The minimum absolute atomic E-state index is 0.105. The summed E-state index contributed by atoms with van der Waals surface area (Å²) in [5.74, 6) is -0.518. The molecule has 6 heteroatoms. The van der Waals surface area contributed by atoms with Crippen LogP contribution in [0.15, 0.2) is 30.6 Å². The molecule has 0 fully saturated rings. The summed E-state index contributed by atoms with van der Waals surface area (Å²) in [5, 5.41) is 2.95. The van der Waals surface area contributed by atoms with Gasteiger partial charge in [0.2, 0.25) is 0 Å². The zero-order valence-electron chi connectivity index (χ0n) is 9.53. The Hall–Kier alpha value is -2.08. The standard InChI is InChI=1S/C12H12F2N4/c13-8-1-2-10(14)9(5-8)11-6-12(16-4-3-15)18-7-17-11/h1-2,5-7H,3-4,15H2,(H,16,17,18). The summed E-state index contributed by atoms with van der Waals surface area (Å²) in [6.45, 7) is 0.996. The maximum absolute atomic E-state index is 13.6. The number of benzene rings is 1. The number of hydrogen-bond donors (Lipinski definition) is 2. The zero-order valence-corrected chi connectivity index (χ0v) is 9.53. The maximum atomic E-state index is 13.6. The molecule has 0 saturated carbocycles. The van der Waals surface area contributed by atoms with Crippen LogP contribution in [0.1, 0.15) is 0 Å². The van der Waals surface area contributed by atoms with Gasteiger partial charge in [-0.1, -0.05) is 0 Å². The molecule has 2 aromatic rings. The molecule has 1 aromatic heterocycles. The lowest BCUT2D eigenvalue weighted by molar-refractivity contribution is 0.602. The lowest BCUT2D eigenvalue weighted by atomic mass is 10.1. The topological polar surface area (TPSA) is 63.8 Å². The number of rotatable bonds is 4. The molecule has 0 radical (unpaired) electrons. The highest BCUT2D eigenvalue weighted by molar-refractivity contribution is 5.62. The number of nitrogens with zero attached hydrogens (tertiary/aromatic N) is 2. The molecule has 0 saturated heterocycles. The lowest BCUT2D eigenvalue weighted by Gasteiger charge is -2.06. The van der Waals surface area contributed by atoms with E-state index in [0.717, 1.165) is 18.2 Å². The van der Waals surface area contributed by atoms with E-state index in [1.165, 1.54) is 6.33 Å². The van der Waals surface area contributed by atoms with Crippen LogP contribution in [-0.2, 0) is 0 Å². The summed E-state index contributed by atoms with van der Waals surface area (Å²) in [7, 11) is 0. The fraction of sp³-hybridized carbons (Fsp3) is 0.167. The van der Waals surface area contributed by atoms with Gasteiger partial charge in [0, 0.05) is 24.7 Å². The van der Waals surface area contributed by atoms with Crippen LogP contribution < -0.4 is 11.1 Å². The van der Waals surface area contributed by atoms with Crippen LogP contribution in [-0.4, -0.2) is 23.1 Å². The van der Waals surface area contributed by atoms with Crippen molar-refractivity contribution in [1.29, 1.82) is 0 Å². The highest BCUT2D eigenvalue weighted by atomic mass is 19.1. The Balaban J connectivity index is 2.35. The molecule has 1 heterocycles. The molecule has 0 unspecified atom stereocenters. The van der Waals surface area contributed by atoms with E-state index in [4.69, 9.17) is 5.73 Å². The normalized spacial score (nSPS) is 10.4. The molecule has 1 aromatic carbocycles. The molecule has 0 aliphatic rings. The quantitative estimate of drug-likeness (QED) is 0.868. The summed E-state index contributed by atoms with van der Waals surface area (Å²) in [4.78, 5) is 7.89. The van der Waals surface area contributed by atoms with Gasteiger partial charge in [-0.3, -0.25) is 0 Å². The highest BCUT2D eigenvalue weighted by Crippen LogP contribution is 2.22. The van der Waals surface area contributed by atoms with Crippen molar-refractivity contribution in [3.05, 3.63) is 42.2 Å². The fourth-order valence-corrected chi connectivity index (χ4v) is 1.50. The Kier molecular flexibility index (Phi) is 3.78. The summed E-state index contributed by atoms with van der Waals surface area (Å²) in [6, 6.07) is 4.78. The molecule has 0 amide bonds. The summed E-state index contributed by atoms with van der Waals surface area (Å²) >= 11 is 0. The van der Waals surface area contributed by atoms with Crippen molar-refractivity contribution < 1.29 is 8.78 Å². The third-order valence-electron chi connectivity index (χ3n) is 2.32. The molecule has 94 valence electrons. The third-order valence-corrected chi connectivity index (χ3v) is 2.32. The lowest BCUT2D eigenvalue weighted by Crippen LogP contribution is -2.14. The van der Waals surface area contributed by atoms with Crippen molar-refractivity contribution in [3.63, 3.8) is 0 Å². The van der Waals surface area contributed by atoms with Gasteiger partial charge in [-0.05, 0) is 18.2 Å². The van der Waals surface area contributed by atoms with Gasteiger partial charge in [0.05, 0.1) is 5.69 Å². The molecule has 3 N–H and O–H groups in total. The molecule has 18 heavy (non-hydrogen) atoms. The molecule has 2 rings (SSSR count). The van der Waals surface area contributed by atoms with E-state index >= 15 is 0 Å². The maximum Gasteiger partial charge on any atom is 0.132 e. The van der Waals surface area contributed by atoms with Gasteiger partial charge >= 0.3 is 0 Å². The van der Waals surface area contributed by atoms with Crippen molar-refractivity contribution >= 4 is 5.82 Å². The number of halogens is 2. The molecule has 0 bridgehead atoms. The molecule has 0 atom stereocenters. The molecular formula is C12H12F2N4. The van der Waals surface area contributed by atoms with Crippen molar-refractivity contribution in [1.82, 2.24) is 9.97 Å². The van der Waals surface area contributed by atoms with Crippen LogP contribution >= 0.6 is 0 Å². The number of hydrogen-bond acceptors (Lipinski definition) is 4. The Labute approximate surface area is 103 Å². The largest absolute Gasteiger partial charge is 0.369 e. The molecule has 0 aliphatic heterocycles. The van der Waals surface area contributed by atoms with Gasteiger partial charge in [-0.25, -0.2) is 18.7 Å². The van der Waals surface area contributed by atoms with Crippen LogP contribution in [0.5, 0.6) is 0 Å². The van der Waals surface area contributed by atoms with Gasteiger partial charge in [0.15, 0.2) is 0 Å². The first-order valence-electron chi connectivity index (χ1n) is 5.42. The fourth-order valence-electron chi connectivity index (χ4n) is 1.50. The summed E-state index contributed by atoms with van der Waals surface area (Å²) in [5.41, 5.74) is 5.78. The number of nitrogens with one attached hydrogen (secondary N) is 1. The van der Waals surface area contributed by atoms with E-state index in [1.54, 1.807) is 6.07 Å². The Morgan fingerprint density at radius 1 is 1.17 bits per heavy atom. The van der Waals surface area contributed by atoms with Crippen LogP contribution in [0.25, 0.3) is 11.3 Å². The third kappa shape index (κ3) is 2.78. The van der Waals surface area contributed by atoms with Gasteiger partial charge in [-0.2, -0.15) is 0 Å². The zero-order chi connectivity index (χ0) is 13.0. The van der Waals surface area contributed by atoms with E-state index in [0.29, 0.717) is 24.6 Å². The second-order valence-corrected chi connectivity index (χ2v) is 3.63. The molecule has 0 aliphatic carbocycles. The van der Waals surface area contributed by atoms with E-state index in [-0.39, 0.29) is 5.56 Å². The predicted molar refractivity (Wildman–Crippen MR) is 64.9 cm³/mol. The van der Waals surface area contributed by atoms with Crippen LogP contribution in [0.3, 0.4) is 0 Å². The number of aromatic nitrogens is 2. The second kappa shape index (κ2) is 5.50. The van der Waals surface area contributed by atoms with Crippen molar-refractivity contribution in [2.45, 2.75) is 0 Å². The van der Waals surface area contributed by atoms with Crippen molar-refractivity contribution in [3.8, 4) is 11.3 Å². The van der Waals surface area contributed by atoms with Crippen LogP contribution in [0.2, 0.25) is 0 Å². The Morgan fingerprint density at radius 3 is 2.78 bits per heavy atom. The number of anilines is 1. The van der Waals surface area contributed by atoms with E-state index in [2.05, 4.69) is 15.3 Å². The van der Waals surface area contributed by atoms with Gasteiger partial charge in [0.1, 0.15) is 23.8 Å². The van der Waals surface area contributed by atoms with Gasteiger partial charge < -0.3 is 11.1 Å². The minimum Gasteiger partial charge on any atom is -0.369 e. The van der Waals surface area contributed by atoms with Gasteiger partial charge in [0.25, 0.3) is 0 Å². The summed E-state index contributed by atoms with van der Waals surface area (Å²) in [6.07, 6.45) is 1.29. The van der Waals surface area contributed by atoms with Crippen molar-refractivity contribution in [2.75, 3.05) is 18.4 Å². The van der Waals surface area contributed by atoms with E-state index in [9.17, 15) is 8.78 Å². The van der Waals surface area contributed by atoms with Crippen molar-refractivity contribution in [2.24, 2.45) is 5.73 Å². The second-order valence-electron chi connectivity index (χ2n) is 3.63. The number of nitrogens with two attached hydrogens (primary N) is 1. The van der Waals surface area contributed by atoms with E-state index < -0.39 is 11.6 Å². The SMILES string of the molecule is NCCNc1cc(-c2cc(F)ccc2F)ncn1. The first-order valence-corrected chi connectivity index (χ1v) is 5.42. The average molecular weight is 250 g/mol. The Morgan fingerprint density at radius 2 is 2.00 bits per heavy atom. The average Bonchev–Trinajstić information content (AvgIpc) is 2.39. The van der Waals surface area contributed by atoms with Crippen LogP contribution in [0, 0.1) is 11.6 Å². The monoisotopic (exact) mass is 250 g/mol. The molecule has 0 spiro atoms. The predicted octanol–water partition coefficient (Wildman–Crippen LogP) is 1.79. The smallest absolute Gasteiger partial charge is 0.132 e.